The minimum absolute atomic E-state index is 0.272. The smallest absolute Gasteiger partial charge is 0.309 e. The summed E-state index contributed by atoms with van der Waals surface area (Å²) in [5, 5.41) is 8.78. The van der Waals surface area contributed by atoms with Crippen molar-refractivity contribution in [2.75, 3.05) is 6.61 Å². The van der Waals surface area contributed by atoms with Crippen LogP contribution in [0.25, 0.3) is 0 Å². The van der Waals surface area contributed by atoms with E-state index in [1.54, 1.807) is 0 Å². The van der Waals surface area contributed by atoms with Gasteiger partial charge in [-0.2, -0.15) is 4.39 Å². The zero-order chi connectivity index (χ0) is 10.1. The molecule has 2 nitrogen and oxygen atoms in total. The van der Waals surface area contributed by atoms with Crippen LogP contribution in [-0.2, 0) is 4.79 Å². The average molecular weight is 196 g/mol. The molecular formula is C8H11F3O2. The average Bonchev–Trinajstić information content (AvgIpc) is 2.05. The second-order valence-corrected chi connectivity index (χ2v) is 3.57. The van der Waals surface area contributed by atoms with Crippen molar-refractivity contribution in [3.8, 4) is 0 Å². The molecule has 1 N–H and O–H groups in total. The van der Waals surface area contributed by atoms with Gasteiger partial charge in [0.05, 0.1) is 12.0 Å². The normalized spacial score (nSPS) is 25.5. The predicted molar refractivity (Wildman–Crippen MR) is 39.0 cm³/mol. The van der Waals surface area contributed by atoms with Gasteiger partial charge in [-0.1, -0.05) is 0 Å². The molecule has 0 heterocycles. The number of carbonyl (C=O) groups is 1. The number of alkyl halides is 2. The first kappa shape index (κ1) is 10.5. The molecule has 76 valence electrons. The highest BCUT2D eigenvalue weighted by molar-refractivity contribution is 5.75. The number of aliphatic hydroxyl groups is 1. The minimum atomic E-state index is -2.81. The van der Waals surface area contributed by atoms with Crippen LogP contribution < -0.4 is 0 Å². The summed E-state index contributed by atoms with van der Waals surface area (Å²) in [6, 6.07) is -1.68. The molecule has 0 atom stereocenters. The van der Waals surface area contributed by atoms with Crippen LogP contribution in [0.3, 0.4) is 0 Å². The van der Waals surface area contributed by atoms with E-state index in [0.717, 1.165) is 0 Å². The van der Waals surface area contributed by atoms with Crippen LogP contribution in [-0.4, -0.2) is 23.7 Å². The number of hydrogen-bond acceptors (Lipinski definition) is 2. The molecule has 1 rings (SSSR count). The maximum absolute atomic E-state index is 12.6. The number of aliphatic hydroxyl groups excluding tert-OH is 1. The van der Waals surface area contributed by atoms with E-state index >= 15 is 0 Å². The van der Waals surface area contributed by atoms with Crippen LogP contribution in [0.2, 0.25) is 0 Å². The molecule has 0 radical (unpaired) electrons. The van der Waals surface area contributed by atoms with E-state index in [9.17, 15) is 18.0 Å². The van der Waals surface area contributed by atoms with E-state index in [4.69, 9.17) is 5.11 Å². The predicted octanol–water partition coefficient (Wildman–Crippen LogP) is 1.67. The van der Waals surface area contributed by atoms with Crippen LogP contribution in [0.1, 0.15) is 25.7 Å². The molecule has 0 unspecified atom stereocenters. The van der Waals surface area contributed by atoms with Crippen molar-refractivity contribution in [3.05, 3.63) is 0 Å². The molecule has 0 aromatic rings. The number of hydrogen-bond donors (Lipinski definition) is 1. The SMILES string of the molecule is O=C(F)C1(CO)CCC(F)(F)CC1. The van der Waals surface area contributed by atoms with Crippen molar-refractivity contribution in [2.45, 2.75) is 31.6 Å². The molecule has 0 saturated heterocycles. The van der Waals surface area contributed by atoms with E-state index < -0.39 is 36.8 Å². The molecule has 5 heteroatoms. The van der Waals surface area contributed by atoms with E-state index in [1.165, 1.54) is 0 Å². The summed E-state index contributed by atoms with van der Waals surface area (Å²) in [6.45, 7) is -0.682. The molecule has 0 aromatic carbocycles. The minimum Gasteiger partial charge on any atom is -0.395 e. The molecule has 1 aliphatic rings. The van der Waals surface area contributed by atoms with E-state index in [-0.39, 0.29) is 12.8 Å². The van der Waals surface area contributed by atoms with Crippen LogP contribution in [0, 0.1) is 5.41 Å². The van der Waals surface area contributed by atoms with Crippen LogP contribution in [0.4, 0.5) is 13.2 Å². The monoisotopic (exact) mass is 196 g/mol. The Labute approximate surface area is 73.7 Å². The van der Waals surface area contributed by atoms with Crippen LogP contribution in [0.5, 0.6) is 0 Å². The Morgan fingerprint density at radius 1 is 1.23 bits per heavy atom. The zero-order valence-corrected chi connectivity index (χ0v) is 7.02. The highest BCUT2D eigenvalue weighted by Crippen LogP contribution is 2.44. The summed E-state index contributed by atoms with van der Waals surface area (Å²) < 4.78 is 37.7. The van der Waals surface area contributed by atoms with Crippen molar-refractivity contribution in [1.82, 2.24) is 0 Å². The van der Waals surface area contributed by atoms with Crippen molar-refractivity contribution in [2.24, 2.45) is 5.41 Å². The number of rotatable bonds is 2. The fraction of sp³-hybridized carbons (Fsp3) is 0.875. The summed E-state index contributed by atoms with van der Waals surface area (Å²) in [7, 11) is 0. The van der Waals surface area contributed by atoms with E-state index in [0.29, 0.717) is 0 Å². The molecule has 0 bridgehead atoms. The molecule has 1 saturated carbocycles. The fourth-order valence-corrected chi connectivity index (χ4v) is 1.51. The van der Waals surface area contributed by atoms with Gasteiger partial charge >= 0.3 is 6.04 Å². The molecule has 0 amide bonds. The summed E-state index contributed by atoms with van der Waals surface area (Å²) in [5.74, 6) is -2.81. The molecule has 0 aromatic heterocycles. The van der Waals surface area contributed by atoms with Gasteiger partial charge in [0, 0.05) is 12.8 Å². The largest absolute Gasteiger partial charge is 0.395 e. The Morgan fingerprint density at radius 2 is 1.69 bits per heavy atom. The van der Waals surface area contributed by atoms with Crippen molar-refractivity contribution >= 4 is 6.04 Å². The summed E-state index contributed by atoms with van der Waals surface area (Å²) in [5.41, 5.74) is -1.55. The third-order valence-electron chi connectivity index (χ3n) is 2.66. The lowest BCUT2D eigenvalue weighted by Crippen LogP contribution is -2.40. The number of halogens is 3. The van der Waals surface area contributed by atoms with E-state index in [2.05, 4.69) is 0 Å². The lowest BCUT2D eigenvalue weighted by Gasteiger charge is -2.34. The third kappa shape index (κ3) is 2.02. The van der Waals surface area contributed by atoms with Gasteiger partial charge in [0.2, 0.25) is 5.92 Å². The molecular weight excluding hydrogens is 185 g/mol. The fourth-order valence-electron chi connectivity index (χ4n) is 1.51. The molecule has 1 aliphatic carbocycles. The summed E-state index contributed by atoms with van der Waals surface area (Å²) >= 11 is 0. The van der Waals surface area contributed by atoms with Gasteiger partial charge in [0.1, 0.15) is 0 Å². The molecule has 1 fully saturated rings. The topological polar surface area (TPSA) is 37.3 Å². The Morgan fingerprint density at radius 3 is 2.00 bits per heavy atom. The van der Waals surface area contributed by atoms with Crippen LogP contribution >= 0.6 is 0 Å². The van der Waals surface area contributed by atoms with Crippen molar-refractivity contribution < 1.29 is 23.1 Å². The van der Waals surface area contributed by atoms with Gasteiger partial charge in [-0.3, -0.25) is 4.79 Å². The highest BCUT2D eigenvalue weighted by atomic mass is 19.3. The van der Waals surface area contributed by atoms with Gasteiger partial charge in [-0.05, 0) is 12.8 Å². The second kappa shape index (κ2) is 3.29. The maximum atomic E-state index is 12.6. The summed E-state index contributed by atoms with van der Waals surface area (Å²) in [6.07, 6.45) is -1.59. The van der Waals surface area contributed by atoms with Crippen molar-refractivity contribution in [1.29, 1.82) is 0 Å². The summed E-state index contributed by atoms with van der Waals surface area (Å²) in [4.78, 5) is 10.5. The first-order valence-corrected chi connectivity index (χ1v) is 4.11. The lowest BCUT2D eigenvalue weighted by molar-refractivity contribution is -0.152. The second-order valence-electron chi connectivity index (χ2n) is 3.57. The standard InChI is InChI=1S/C8H11F3O2/c9-6(13)7(5-12)1-3-8(10,11)4-2-7/h12H,1-5H2. The van der Waals surface area contributed by atoms with E-state index in [1.807, 2.05) is 0 Å². The molecule has 0 aliphatic heterocycles. The van der Waals surface area contributed by atoms with Gasteiger partial charge in [-0.25, -0.2) is 8.78 Å². The molecule has 0 spiro atoms. The Kier molecular flexibility index (Phi) is 2.66. The Hall–Kier alpha value is -0.580. The van der Waals surface area contributed by atoms with Crippen molar-refractivity contribution in [3.63, 3.8) is 0 Å². The zero-order valence-electron chi connectivity index (χ0n) is 7.02. The third-order valence-corrected chi connectivity index (χ3v) is 2.66. The highest BCUT2D eigenvalue weighted by Gasteiger charge is 2.47. The lowest BCUT2D eigenvalue weighted by atomic mass is 9.74. The van der Waals surface area contributed by atoms with Gasteiger partial charge < -0.3 is 5.11 Å². The number of carbonyl (C=O) groups excluding carboxylic acids is 1. The Bertz CT molecular complexity index is 205. The maximum Gasteiger partial charge on any atom is 0.309 e. The molecule has 13 heavy (non-hydrogen) atoms. The van der Waals surface area contributed by atoms with Gasteiger partial charge in [-0.15, -0.1) is 0 Å². The van der Waals surface area contributed by atoms with Gasteiger partial charge in [0.25, 0.3) is 0 Å². The first-order valence-electron chi connectivity index (χ1n) is 4.11. The quantitative estimate of drug-likeness (QED) is 0.682. The van der Waals surface area contributed by atoms with Gasteiger partial charge in [0.15, 0.2) is 0 Å². The Balaban J connectivity index is 2.69. The van der Waals surface area contributed by atoms with Crippen LogP contribution in [0.15, 0.2) is 0 Å². The first-order chi connectivity index (χ1) is 5.92.